The summed E-state index contributed by atoms with van der Waals surface area (Å²) in [6, 6.07) is 16.6. The molecule has 1 fully saturated rings. The minimum absolute atomic E-state index is 0.0791. The molecular formula is C24H30N4OS. The summed E-state index contributed by atoms with van der Waals surface area (Å²) in [6.45, 7) is 9.58. The minimum Gasteiger partial charge on any atom is -0.479 e. The second kappa shape index (κ2) is 8.36. The standard InChI is InChI=1S/C24H30N4OS/c1-23(2)14-18(15-24(3,4)28-23)26-22-25-13-12-19(27-22)20-10-11-21(30-20)29-16-17-8-6-5-7-9-17/h5-13,18,28H,14-16H2,1-4H3,(H,25,26,27). The average Bonchev–Trinajstić information content (AvgIpc) is 3.14. The first kappa shape index (κ1) is 20.8. The van der Waals surface area contributed by atoms with Gasteiger partial charge in [0.05, 0.1) is 10.6 Å². The normalized spacial score (nSPS) is 18.1. The number of benzene rings is 1. The molecule has 4 rings (SSSR count). The van der Waals surface area contributed by atoms with Crippen molar-refractivity contribution < 1.29 is 4.74 Å². The first-order chi connectivity index (χ1) is 14.3. The Hall–Kier alpha value is -2.44. The lowest BCUT2D eigenvalue weighted by Crippen LogP contribution is -2.60. The summed E-state index contributed by atoms with van der Waals surface area (Å²) >= 11 is 1.61. The summed E-state index contributed by atoms with van der Waals surface area (Å²) in [4.78, 5) is 10.3. The number of thiophene rings is 1. The first-order valence-corrected chi connectivity index (χ1v) is 11.3. The van der Waals surface area contributed by atoms with Crippen molar-refractivity contribution in [3.8, 4) is 15.6 Å². The van der Waals surface area contributed by atoms with Gasteiger partial charge in [-0.1, -0.05) is 41.7 Å². The van der Waals surface area contributed by atoms with E-state index in [2.05, 4.69) is 61.5 Å². The van der Waals surface area contributed by atoms with Crippen molar-refractivity contribution in [3.05, 3.63) is 60.3 Å². The number of hydrogen-bond donors (Lipinski definition) is 2. The Labute approximate surface area is 182 Å². The number of ether oxygens (including phenoxy) is 1. The zero-order chi connectivity index (χ0) is 21.2. The summed E-state index contributed by atoms with van der Waals surface area (Å²) < 4.78 is 5.94. The molecule has 0 atom stereocenters. The number of hydrogen-bond acceptors (Lipinski definition) is 6. The lowest BCUT2D eigenvalue weighted by Gasteiger charge is -2.46. The van der Waals surface area contributed by atoms with Crippen molar-refractivity contribution in [1.29, 1.82) is 0 Å². The van der Waals surface area contributed by atoms with Crippen LogP contribution in [-0.4, -0.2) is 27.1 Å². The van der Waals surface area contributed by atoms with Crippen LogP contribution in [0.25, 0.3) is 10.6 Å². The van der Waals surface area contributed by atoms with Crippen LogP contribution >= 0.6 is 11.3 Å². The van der Waals surface area contributed by atoms with Crippen molar-refractivity contribution in [2.24, 2.45) is 0 Å². The summed E-state index contributed by atoms with van der Waals surface area (Å²) in [5.41, 5.74) is 2.24. The summed E-state index contributed by atoms with van der Waals surface area (Å²) in [5.74, 6) is 0.686. The Morgan fingerprint density at radius 1 is 1.03 bits per heavy atom. The Kier molecular flexibility index (Phi) is 5.80. The fraction of sp³-hybridized carbons (Fsp3) is 0.417. The van der Waals surface area contributed by atoms with Gasteiger partial charge in [-0.05, 0) is 64.3 Å². The highest BCUT2D eigenvalue weighted by molar-refractivity contribution is 7.17. The highest BCUT2D eigenvalue weighted by atomic mass is 32.1. The maximum absolute atomic E-state index is 5.94. The highest BCUT2D eigenvalue weighted by Crippen LogP contribution is 2.33. The molecule has 30 heavy (non-hydrogen) atoms. The SMILES string of the molecule is CC1(C)CC(Nc2nccc(-c3ccc(OCc4ccccc4)s3)n2)CC(C)(C)N1. The molecule has 158 valence electrons. The van der Waals surface area contributed by atoms with Gasteiger partial charge < -0.3 is 15.4 Å². The maximum Gasteiger partial charge on any atom is 0.223 e. The molecule has 0 aliphatic carbocycles. The van der Waals surface area contributed by atoms with Crippen LogP contribution in [0, 0.1) is 0 Å². The molecule has 3 aromatic rings. The van der Waals surface area contributed by atoms with Gasteiger partial charge >= 0.3 is 0 Å². The third-order valence-electron chi connectivity index (χ3n) is 5.24. The summed E-state index contributed by atoms with van der Waals surface area (Å²) in [6.07, 6.45) is 3.88. The number of nitrogens with zero attached hydrogens (tertiary/aromatic N) is 2. The van der Waals surface area contributed by atoms with Gasteiger partial charge in [0.2, 0.25) is 5.95 Å². The number of aromatic nitrogens is 2. The van der Waals surface area contributed by atoms with Crippen LogP contribution in [0.1, 0.15) is 46.1 Å². The average molecular weight is 423 g/mol. The molecule has 1 aliphatic rings. The van der Waals surface area contributed by atoms with E-state index in [1.54, 1.807) is 11.3 Å². The van der Waals surface area contributed by atoms with Crippen LogP contribution in [0.5, 0.6) is 5.06 Å². The summed E-state index contributed by atoms with van der Waals surface area (Å²) in [5, 5.41) is 8.18. The zero-order valence-corrected chi connectivity index (χ0v) is 18.9. The predicted octanol–water partition coefficient (Wildman–Crippen LogP) is 5.51. The van der Waals surface area contributed by atoms with Crippen LogP contribution < -0.4 is 15.4 Å². The predicted molar refractivity (Wildman–Crippen MR) is 124 cm³/mol. The van der Waals surface area contributed by atoms with E-state index in [1.165, 1.54) is 0 Å². The first-order valence-electron chi connectivity index (χ1n) is 10.4. The van der Waals surface area contributed by atoms with Crippen LogP contribution in [0.15, 0.2) is 54.7 Å². The minimum atomic E-state index is 0.0791. The maximum atomic E-state index is 5.94. The topological polar surface area (TPSA) is 59.1 Å². The molecule has 0 radical (unpaired) electrons. The van der Waals surface area contributed by atoms with E-state index in [-0.39, 0.29) is 11.1 Å². The Balaban J connectivity index is 1.43. The zero-order valence-electron chi connectivity index (χ0n) is 18.1. The molecular weight excluding hydrogens is 392 g/mol. The largest absolute Gasteiger partial charge is 0.479 e. The Morgan fingerprint density at radius 3 is 2.50 bits per heavy atom. The van der Waals surface area contributed by atoms with Gasteiger partial charge in [0.25, 0.3) is 0 Å². The van der Waals surface area contributed by atoms with Crippen LogP contribution in [0.2, 0.25) is 0 Å². The molecule has 1 aromatic carbocycles. The van der Waals surface area contributed by atoms with Gasteiger partial charge in [0.1, 0.15) is 6.61 Å². The van der Waals surface area contributed by atoms with Gasteiger partial charge in [-0.2, -0.15) is 0 Å². The van der Waals surface area contributed by atoms with E-state index in [0.29, 0.717) is 18.6 Å². The van der Waals surface area contributed by atoms with E-state index >= 15 is 0 Å². The second-order valence-electron chi connectivity index (χ2n) is 9.30. The number of rotatable bonds is 6. The van der Waals surface area contributed by atoms with Gasteiger partial charge in [0.15, 0.2) is 5.06 Å². The lowest BCUT2D eigenvalue weighted by molar-refractivity contribution is 0.170. The molecule has 2 aromatic heterocycles. The number of piperidine rings is 1. The summed E-state index contributed by atoms with van der Waals surface area (Å²) in [7, 11) is 0. The van der Waals surface area contributed by atoms with Crippen molar-refractivity contribution >= 4 is 17.3 Å². The molecule has 0 saturated carbocycles. The number of anilines is 1. The van der Waals surface area contributed by atoms with Gasteiger partial charge in [-0.15, -0.1) is 0 Å². The van der Waals surface area contributed by atoms with Crippen LogP contribution in [-0.2, 0) is 6.61 Å². The highest BCUT2D eigenvalue weighted by Gasteiger charge is 2.37. The van der Waals surface area contributed by atoms with E-state index < -0.39 is 0 Å². The molecule has 0 bridgehead atoms. The molecule has 0 unspecified atom stereocenters. The second-order valence-corrected chi connectivity index (χ2v) is 10.3. The van der Waals surface area contributed by atoms with Gasteiger partial charge in [-0.3, -0.25) is 0 Å². The fourth-order valence-electron chi connectivity index (χ4n) is 4.44. The van der Waals surface area contributed by atoms with E-state index in [9.17, 15) is 0 Å². The van der Waals surface area contributed by atoms with Gasteiger partial charge in [-0.25, -0.2) is 9.97 Å². The fourth-order valence-corrected chi connectivity index (χ4v) is 5.26. The van der Waals surface area contributed by atoms with E-state index in [0.717, 1.165) is 34.0 Å². The molecule has 0 spiro atoms. The molecule has 1 aliphatic heterocycles. The monoisotopic (exact) mass is 422 g/mol. The molecule has 0 amide bonds. The lowest BCUT2D eigenvalue weighted by atomic mass is 9.80. The molecule has 5 nitrogen and oxygen atoms in total. The van der Waals surface area contributed by atoms with Gasteiger partial charge in [0, 0.05) is 23.3 Å². The third kappa shape index (κ3) is 5.37. The number of nitrogens with one attached hydrogen (secondary N) is 2. The molecule has 1 saturated heterocycles. The quantitative estimate of drug-likeness (QED) is 0.549. The Morgan fingerprint density at radius 2 is 1.77 bits per heavy atom. The smallest absolute Gasteiger partial charge is 0.223 e. The van der Waals surface area contributed by atoms with Crippen molar-refractivity contribution in [1.82, 2.24) is 15.3 Å². The van der Waals surface area contributed by atoms with Crippen LogP contribution in [0.4, 0.5) is 5.95 Å². The van der Waals surface area contributed by atoms with Crippen molar-refractivity contribution in [2.75, 3.05) is 5.32 Å². The Bertz CT molecular complexity index is 968. The van der Waals surface area contributed by atoms with Crippen LogP contribution in [0.3, 0.4) is 0 Å². The van der Waals surface area contributed by atoms with E-state index in [4.69, 9.17) is 9.72 Å². The van der Waals surface area contributed by atoms with Crippen molar-refractivity contribution in [2.45, 2.75) is 64.3 Å². The molecule has 6 heteroatoms. The van der Waals surface area contributed by atoms with E-state index in [1.807, 2.05) is 36.5 Å². The third-order valence-corrected chi connectivity index (χ3v) is 6.26. The molecule has 3 heterocycles. The van der Waals surface area contributed by atoms with Crippen molar-refractivity contribution in [3.63, 3.8) is 0 Å². The molecule has 2 N–H and O–H groups in total.